The molecule has 1 N–H and O–H groups in total. The molecule has 34 heavy (non-hydrogen) atoms. The molecule has 2 aromatic rings. The molecule has 2 aromatic carbocycles. The molecule has 0 aliphatic carbocycles. The van der Waals surface area contributed by atoms with Gasteiger partial charge in [-0.05, 0) is 37.1 Å². The number of halogens is 1. The van der Waals surface area contributed by atoms with E-state index in [1.807, 2.05) is 6.92 Å². The van der Waals surface area contributed by atoms with Gasteiger partial charge in [0.15, 0.2) is 0 Å². The molecular weight excluding hydrogens is 476 g/mol. The maximum absolute atomic E-state index is 13.6. The highest BCUT2D eigenvalue weighted by Crippen LogP contribution is 2.22. The number of carbonyl (C=O) groups is 2. The molecule has 0 heterocycles. The maximum Gasteiger partial charge on any atom is 0.304 e. The van der Waals surface area contributed by atoms with Crippen molar-refractivity contribution in [2.75, 3.05) is 31.5 Å². The van der Waals surface area contributed by atoms with Crippen molar-refractivity contribution in [1.82, 2.24) is 14.5 Å². The second-order valence-electron chi connectivity index (χ2n) is 8.07. The average molecular weight is 509 g/mol. The van der Waals surface area contributed by atoms with Gasteiger partial charge in [0.25, 0.3) is 0 Å². The van der Waals surface area contributed by atoms with Crippen LogP contribution in [0.15, 0.2) is 54.6 Å². The summed E-state index contributed by atoms with van der Waals surface area (Å²) in [6, 6.07) is 14.6. The highest BCUT2D eigenvalue weighted by Gasteiger charge is 2.32. The average Bonchev–Trinajstić information content (AvgIpc) is 2.81. The first-order valence-electron chi connectivity index (χ1n) is 11.1. The summed E-state index contributed by atoms with van der Waals surface area (Å²) in [7, 11) is -1.16. The molecule has 0 bridgehead atoms. The van der Waals surface area contributed by atoms with Crippen LogP contribution in [0.5, 0.6) is 0 Å². The molecule has 1 atom stereocenters. The molecule has 0 spiro atoms. The van der Waals surface area contributed by atoms with Gasteiger partial charge in [-0.15, -0.1) is 0 Å². The Morgan fingerprint density at radius 1 is 1.03 bits per heavy atom. The van der Waals surface area contributed by atoms with Gasteiger partial charge in [-0.3, -0.25) is 9.59 Å². The summed E-state index contributed by atoms with van der Waals surface area (Å²) in [5, 5.41) is 3.30. The van der Waals surface area contributed by atoms with Gasteiger partial charge >= 0.3 is 10.2 Å². The SMILES string of the molecule is CCCCNC(=O)[C@@H](C)N(Cc1ccccc1Cl)C(=O)CN(c1ccccc1)S(=O)(=O)N(C)C. The number of anilines is 1. The lowest BCUT2D eigenvalue weighted by Gasteiger charge is -2.33. The largest absolute Gasteiger partial charge is 0.354 e. The molecule has 0 aliphatic heterocycles. The summed E-state index contributed by atoms with van der Waals surface area (Å²) in [6.45, 7) is 3.74. The predicted octanol–water partition coefficient (Wildman–Crippen LogP) is 3.29. The van der Waals surface area contributed by atoms with Crippen molar-refractivity contribution < 1.29 is 18.0 Å². The van der Waals surface area contributed by atoms with Crippen molar-refractivity contribution in [3.8, 4) is 0 Å². The van der Waals surface area contributed by atoms with E-state index >= 15 is 0 Å². The molecule has 0 saturated heterocycles. The molecule has 0 unspecified atom stereocenters. The van der Waals surface area contributed by atoms with Crippen molar-refractivity contribution in [2.24, 2.45) is 0 Å². The Hall–Kier alpha value is -2.62. The van der Waals surface area contributed by atoms with Gasteiger partial charge in [0, 0.05) is 32.2 Å². The molecule has 10 heteroatoms. The lowest BCUT2D eigenvalue weighted by Crippen LogP contribution is -2.52. The second kappa shape index (κ2) is 12.7. The first-order chi connectivity index (χ1) is 16.1. The van der Waals surface area contributed by atoms with E-state index in [0.29, 0.717) is 22.8 Å². The van der Waals surface area contributed by atoms with E-state index in [9.17, 15) is 18.0 Å². The Kier molecular flexibility index (Phi) is 10.3. The van der Waals surface area contributed by atoms with E-state index in [0.717, 1.165) is 21.5 Å². The molecular formula is C24H33ClN4O4S. The Balaban J connectivity index is 2.40. The number of hydrogen-bond donors (Lipinski definition) is 1. The molecule has 0 saturated carbocycles. The molecule has 0 aromatic heterocycles. The minimum Gasteiger partial charge on any atom is -0.354 e. The number of para-hydroxylation sites is 1. The Labute approximate surface area is 207 Å². The lowest BCUT2D eigenvalue weighted by molar-refractivity contribution is -0.139. The van der Waals surface area contributed by atoms with E-state index in [4.69, 9.17) is 11.6 Å². The number of hydrogen-bond acceptors (Lipinski definition) is 4. The number of benzene rings is 2. The summed E-state index contributed by atoms with van der Waals surface area (Å²) in [4.78, 5) is 27.8. The van der Waals surface area contributed by atoms with Crippen LogP contribution in [0.2, 0.25) is 5.02 Å². The summed E-state index contributed by atoms with van der Waals surface area (Å²) < 4.78 is 28.2. The number of carbonyl (C=O) groups excluding carboxylic acids is 2. The third kappa shape index (κ3) is 7.19. The van der Waals surface area contributed by atoms with Crippen LogP contribution in [-0.4, -0.2) is 62.7 Å². The minimum absolute atomic E-state index is 0.0610. The molecule has 8 nitrogen and oxygen atoms in total. The van der Waals surface area contributed by atoms with Crippen molar-refractivity contribution in [2.45, 2.75) is 39.3 Å². The highest BCUT2D eigenvalue weighted by molar-refractivity contribution is 7.90. The molecule has 2 rings (SSSR count). The fourth-order valence-corrected chi connectivity index (χ4v) is 4.49. The molecule has 0 aliphatic rings. The van der Waals surface area contributed by atoms with E-state index < -0.39 is 28.7 Å². The van der Waals surface area contributed by atoms with Gasteiger partial charge < -0.3 is 10.2 Å². The number of rotatable bonds is 12. The van der Waals surface area contributed by atoms with Crippen LogP contribution in [0.3, 0.4) is 0 Å². The van der Waals surface area contributed by atoms with Gasteiger partial charge in [0.05, 0.1) is 5.69 Å². The van der Waals surface area contributed by atoms with Crippen molar-refractivity contribution in [3.63, 3.8) is 0 Å². The first kappa shape index (κ1) is 27.6. The Morgan fingerprint density at radius 2 is 1.65 bits per heavy atom. The van der Waals surface area contributed by atoms with Crippen LogP contribution < -0.4 is 9.62 Å². The van der Waals surface area contributed by atoms with Crippen molar-refractivity contribution >= 4 is 39.3 Å². The van der Waals surface area contributed by atoms with Crippen molar-refractivity contribution in [3.05, 3.63) is 65.2 Å². The monoisotopic (exact) mass is 508 g/mol. The molecule has 2 amide bonds. The number of unbranched alkanes of at least 4 members (excludes halogenated alkanes) is 1. The van der Waals surface area contributed by atoms with Crippen LogP contribution in [-0.2, 0) is 26.3 Å². The fraction of sp³-hybridized carbons (Fsp3) is 0.417. The number of amides is 2. The van der Waals surface area contributed by atoms with Gasteiger partial charge in [0.2, 0.25) is 11.8 Å². The van der Waals surface area contributed by atoms with Gasteiger partial charge in [0.1, 0.15) is 12.6 Å². The molecule has 186 valence electrons. The lowest BCUT2D eigenvalue weighted by atomic mass is 10.1. The van der Waals surface area contributed by atoms with Crippen LogP contribution in [0.25, 0.3) is 0 Å². The second-order valence-corrected chi connectivity index (χ2v) is 10.5. The van der Waals surface area contributed by atoms with Crippen LogP contribution in [0, 0.1) is 0 Å². The number of nitrogens with zero attached hydrogens (tertiary/aromatic N) is 3. The zero-order chi connectivity index (χ0) is 25.3. The normalized spacial score (nSPS) is 12.3. The maximum atomic E-state index is 13.6. The fourth-order valence-electron chi connectivity index (χ4n) is 3.24. The quantitative estimate of drug-likeness (QED) is 0.445. The van der Waals surface area contributed by atoms with E-state index in [2.05, 4.69) is 5.32 Å². The van der Waals surface area contributed by atoms with Gasteiger partial charge in [-0.25, -0.2) is 4.31 Å². The molecule has 0 fully saturated rings. The van der Waals surface area contributed by atoms with E-state index in [1.54, 1.807) is 61.5 Å². The van der Waals surface area contributed by atoms with Crippen LogP contribution >= 0.6 is 11.6 Å². The van der Waals surface area contributed by atoms with E-state index in [-0.39, 0.29) is 12.5 Å². The number of nitrogens with one attached hydrogen (secondary N) is 1. The third-order valence-corrected chi connectivity index (χ3v) is 7.55. The zero-order valence-electron chi connectivity index (χ0n) is 20.1. The van der Waals surface area contributed by atoms with Crippen LogP contribution in [0.1, 0.15) is 32.3 Å². The smallest absolute Gasteiger partial charge is 0.304 e. The summed E-state index contributed by atoms with van der Waals surface area (Å²) in [6.07, 6.45) is 1.74. The van der Waals surface area contributed by atoms with Crippen LogP contribution in [0.4, 0.5) is 5.69 Å². The van der Waals surface area contributed by atoms with Gasteiger partial charge in [-0.1, -0.05) is 61.3 Å². The van der Waals surface area contributed by atoms with Crippen molar-refractivity contribution in [1.29, 1.82) is 0 Å². The Morgan fingerprint density at radius 3 is 2.24 bits per heavy atom. The summed E-state index contributed by atoms with van der Waals surface area (Å²) >= 11 is 6.32. The summed E-state index contributed by atoms with van der Waals surface area (Å²) in [5.41, 5.74) is 1.01. The van der Waals surface area contributed by atoms with E-state index in [1.165, 1.54) is 19.0 Å². The zero-order valence-corrected chi connectivity index (χ0v) is 21.6. The predicted molar refractivity (Wildman–Crippen MR) is 136 cm³/mol. The highest BCUT2D eigenvalue weighted by atomic mass is 35.5. The Bertz CT molecular complexity index is 1060. The topological polar surface area (TPSA) is 90.0 Å². The minimum atomic E-state index is -3.97. The first-order valence-corrected chi connectivity index (χ1v) is 12.9. The third-order valence-electron chi connectivity index (χ3n) is 5.36. The summed E-state index contributed by atoms with van der Waals surface area (Å²) in [5.74, 6) is -0.831. The standard InChI is InChI=1S/C24H33ClN4O4S/c1-5-6-16-26-24(31)19(2)28(17-20-12-10-11-15-22(20)25)23(30)18-29(34(32,33)27(3)4)21-13-8-7-9-14-21/h7-15,19H,5-6,16-18H2,1-4H3,(H,26,31)/t19-/m1/s1. The molecule has 0 radical (unpaired) electrons. The van der Waals surface area contributed by atoms with Gasteiger partial charge in [-0.2, -0.15) is 12.7 Å².